The van der Waals surface area contributed by atoms with Gasteiger partial charge in [-0.15, -0.1) is 0 Å². The minimum absolute atomic E-state index is 0.400. The topological polar surface area (TPSA) is 20.3 Å². The molecule has 0 N–H and O–H groups in total. The Kier molecular flexibility index (Phi) is 2.87. The number of ketones is 1. The van der Waals surface area contributed by atoms with E-state index in [0.717, 1.165) is 6.54 Å². The third kappa shape index (κ3) is 2.10. The summed E-state index contributed by atoms with van der Waals surface area (Å²) < 4.78 is 0. The molecule has 0 aromatic rings. The van der Waals surface area contributed by atoms with Gasteiger partial charge in [0.2, 0.25) is 0 Å². The molecule has 10 heavy (non-hydrogen) atoms. The van der Waals surface area contributed by atoms with E-state index in [9.17, 15) is 4.79 Å². The fraction of sp³-hybridized carbons (Fsp3) is 0.875. The van der Waals surface area contributed by atoms with Crippen LogP contribution in [0.5, 0.6) is 0 Å². The number of rotatable bonds is 4. The van der Waals surface area contributed by atoms with Gasteiger partial charge in [-0.05, 0) is 13.0 Å². The SMILES string of the molecule is CCCCCN1CC(=O)C1. The van der Waals surface area contributed by atoms with E-state index in [1.165, 1.54) is 19.3 Å². The number of hydrogen-bond acceptors (Lipinski definition) is 2. The zero-order valence-corrected chi connectivity index (χ0v) is 6.60. The molecule has 0 bridgehead atoms. The van der Waals surface area contributed by atoms with Gasteiger partial charge in [-0.3, -0.25) is 9.69 Å². The molecule has 0 radical (unpaired) electrons. The number of nitrogens with zero attached hydrogens (tertiary/aromatic N) is 1. The van der Waals surface area contributed by atoms with E-state index >= 15 is 0 Å². The zero-order valence-electron chi connectivity index (χ0n) is 6.60. The van der Waals surface area contributed by atoms with Crippen LogP contribution < -0.4 is 0 Å². The van der Waals surface area contributed by atoms with Gasteiger partial charge in [-0.25, -0.2) is 0 Å². The van der Waals surface area contributed by atoms with Gasteiger partial charge < -0.3 is 0 Å². The second kappa shape index (κ2) is 3.71. The fourth-order valence-electron chi connectivity index (χ4n) is 1.20. The smallest absolute Gasteiger partial charge is 0.160 e. The molecule has 1 aliphatic heterocycles. The number of carbonyl (C=O) groups excluding carboxylic acids is 1. The standard InChI is InChI=1S/C8H15NO/c1-2-3-4-5-9-6-8(10)7-9/h2-7H2,1H3. The average Bonchev–Trinajstić information content (AvgIpc) is 1.85. The Morgan fingerprint density at radius 2 is 2.10 bits per heavy atom. The lowest BCUT2D eigenvalue weighted by Crippen LogP contribution is -2.47. The first kappa shape index (κ1) is 7.73. The molecule has 1 aliphatic rings. The van der Waals surface area contributed by atoms with E-state index in [0.29, 0.717) is 18.9 Å². The third-order valence-corrected chi connectivity index (χ3v) is 1.88. The van der Waals surface area contributed by atoms with Gasteiger partial charge in [0, 0.05) is 0 Å². The Bertz CT molecular complexity index is 114. The molecule has 1 rings (SSSR count). The van der Waals surface area contributed by atoms with E-state index in [1.54, 1.807) is 0 Å². The highest BCUT2D eigenvalue weighted by molar-refractivity contribution is 5.87. The van der Waals surface area contributed by atoms with E-state index in [2.05, 4.69) is 11.8 Å². The highest BCUT2D eigenvalue weighted by atomic mass is 16.1. The molecule has 0 atom stereocenters. The lowest BCUT2D eigenvalue weighted by molar-refractivity contribution is -0.128. The minimum atomic E-state index is 0.400. The van der Waals surface area contributed by atoms with Gasteiger partial charge in [0.25, 0.3) is 0 Å². The van der Waals surface area contributed by atoms with Crippen molar-refractivity contribution >= 4 is 5.78 Å². The van der Waals surface area contributed by atoms with Crippen LogP contribution in [0.15, 0.2) is 0 Å². The van der Waals surface area contributed by atoms with Crippen LogP contribution >= 0.6 is 0 Å². The summed E-state index contributed by atoms with van der Waals surface area (Å²) in [5.74, 6) is 0.400. The van der Waals surface area contributed by atoms with Crippen molar-refractivity contribution in [2.75, 3.05) is 19.6 Å². The van der Waals surface area contributed by atoms with Crippen LogP contribution in [-0.2, 0) is 4.79 Å². The Morgan fingerprint density at radius 1 is 1.40 bits per heavy atom. The summed E-state index contributed by atoms with van der Waals surface area (Å²) in [6.45, 7) is 4.74. The van der Waals surface area contributed by atoms with Gasteiger partial charge in [-0.1, -0.05) is 19.8 Å². The largest absolute Gasteiger partial charge is 0.297 e. The van der Waals surface area contributed by atoms with Gasteiger partial charge in [0.15, 0.2) is 5.78 Å². The number of hydrogen-bond donors (Lipinski definition) is 0. The summed E-state index contributed by atoms with van der Waals surface area (Å²) in [7, 11) is 0. The molecule has 1 saturated heterocycles. The van der Waals surface area contributed by atoms with E-state index in [4.69, 9.17) is 0 Å². The first-order valence-corrected chi connectivity index (χ1v) is 4.07. The highest BCUT2D eigenvalue weighted by Crippen LogP contribution is 2.04. The van der Waals surface area contributed by atoms with Crippen molar-refractivity contribution in [2.24, 2.45) is 0 Å². The maximum absolute atomic E-state index is 10.5. The lowest BCUT2D eigenvalue weighted by Gasteiger charge is -2.28. The molecular formula is C8H15NO. The van der Waals surface area contributed by atoms with Crippen LogP contribution in [0, 0.1) is 0 Å². The molecule has 0 unspecified atom stereocenters. The van der Waals surface area contributed by atoms with Crippen molar-refractivity contribution in [1.29, 1.82) is 0 Å². The molecule has 2 heteroatoms. The third-order valence-electron chi connectivity index (χ3n) is 1.88. The minimum Gasteiger partial charge on any atom is -0.297 e. The van der Waals surface area contributed by atoms with Gasteiger partial charge >= 0.3 is 0 Å². The molecule has 0 aromatic heterocycles. The predicted octanol–water partition coefficient (Wildman–Crippen LogP) is 1.06. The van der Waals surface area contributed by atoms with Gasteiger partial charge in [0.1, 0.15) is 0 Å². The summed E-state index contributed by atoms with van der Waals surface area (Å²) in [5.41, 5.74) is 0. The van der Waals surface area contributed by atoms with E-state index in [1.807, 2.05) is 0 Å². The Balaban J connectivity index is 1.90. The highest BCUT2D eigenvalue weighted by Gasteiger charge is 2.21. The number of Topliss-reactive ketones (excluding diaryl/α,β-unsaturated/α-hetero) is 1. The van der Waals surface area contributed by atoms with Crippen LogP contribution in [-0.4, -0.2) is 30.3 Å². The van der Waals surface area contributed by atoms with E-state index in [-0.39, 0.29) is 0 Å². The van der Waals surface area contributed by atoms with Crippen LogP contribution in [0.1, 0.15) is 26.2 Å². The average molecular weight is 141 g/mol. The molecule has 0 aromatic carbocycles. The Labute approximate surface area is 62.2 Å². The monoisotopic (exact) mass is 141 g/mol. The zero-order chi connectivity index (χ0) is 7.40. The Hall–Kier alpha value is -0.370. The Morgan fingerprint density at radius 3 is 2.60 bits per heavy atom. The molecule has 2 nitrogen and oxygen atoms in total. The van der Waals surface area contributed by atoms with Crippen LogP contribution in [0.4, 0.5) is 0 Å². The second-order valence-corrected chi connectivity index (χ2v) is 2.96. The van der Waals surface area contributed by atoms with Crippen LogP contribution in [0.3, 0.4) is 0 Å². The number of carbonyl (C=O) groups is 1. The second-order valence-electron chi connectivity index (χ2n) is 2.96. The fourth-order valence-corrected chi connectivity index (χ4v) is 1.20. The summed E-state index contributed by atoms with van der Waals surface area (Å²) in [4.78, 5) is 12.7. The first-order valence-electron chi connectivity index (χ1n) is 4.07. The van der Waals surface area contributed by atoms with Crippen molar-refractivity contribution in [3.8, 4) is 0 Å². The molecule has 1 fully saturated rings. The maximum atomic E-state index is 10.5. The molecule has 0 amide bonds. The van der Waals surface area contributed by atoms with Crippen molar-refractivity contribution in [2.45, 2.75) is 26.2 Å². The molecule has 1 heterocycles. The van der Waals surface area contributed by atoms with Gasteiger partial charge in [-0.2, -0.15) is 0 Å². The van der Waals surface area contributed by atoms with Crippen LogP contribution in [0.25, 0.3) is 0 Å². The van der Waals surface area contributed by atoms with Crippen molar-refractivity contribution in [1.82, 2.24) is 4.90 Å². The molecule has 0 saturated carbocycles. The molecular weight excluding hydrogens is 126 g/mol. The summed E-state index contributed by atoms with van der Waals surface area (Å²) in [5, 5.41) is 0. The summed E-state index contributed by atoms with van der Waals surface area (Å²) in [6, 6.07) is 0. The summed E-state index contributed by atoms with van der Waals surface area (Å²) in [6.07, 6.45) is 3.82. The summed E-state index contributed by atoms with van der Waals surface area (Å²) >= 11 is 0. The van der Waals surface area contributed by atoms with Crippen molar-refractivity contribution in [3.05, 3.63) is 0 Å². The lowest BCUT2D eigenvalue weighted by atomic mass is 10.1. The first-order chi connectivity index (χ1) is 4.83. The molecule has 0 aliphatic carbocycles. The van der Waals surface area contributed by atoms with Crippen molar-refractivity contribution < 1.29 is 4.79 Å². The quantitative estimate of drug-likeness (QED) is 0.546. The molecule has 58 valence electrons. The van der Waals surface area contributed by atoms with Crippen molar-refractivity contribution in [3.63, 3.8) is 0 Å². The molecule has 0 spiro atoms. The maximum Gasteiger partial charge on any atom is 0.160 e. The predicted molar refractivity (Wildman–Crippen MR) is 41.0 cm³/mol. The van der Waals surface area contributed by atoms with Crippen LogP contribution in [0.2, 0.25) is 0 Å². The number of likely N-dealkylation sites (tertiary alicyclic amines) is 1. The number of unbranched alkanes of at least 4 members (excludes halogenated alkanes) is 2. The van der Waals surface area contributed by atoms with Gasteiger partial charge in [0.05, 0.1) is 13.1 Å². The van der Waals surface area contributed by atoms with E-state index < -0.39 is 0 Å². The normalized spacial score (nSPS) is 19.1.